The number of imidazole rings is 2. The Morgan fingerprint density at radius 3 is 2.22 bits per heavy atom. The molecule has 0 bridgehead atoms. The van der Waals surface area contributed by atoms with Gasteiger partial charge in [0.05, 0.1) is 22.8 Å². The van der Waals surface area contributed by atoms with Crippen LogP contribution >= 0.6 is 23.8 Å². The second-order valence-corrected chi connectivity index (χ2v) is 10.8. The number of nitrogens with one attached hydrogen (secondary N) is 1. The highest BCUT2D eigenvalue weighted by molar-refractivity contribution is 7.80. The van der Waals surface area contributed by atoms with Crippen LogP contribution in [0, 0.1) is 20.8 Å². The van der Waals surface area contributed by atoms with Crippen molar-refractivity contribution in [3.05, 3.63) is 99.8 Å². The van der Waals surface area contributed by atoms with Gasteiger partial charge in [-0.25, -0.2) is 4.98 Å². The minimum absolute atomic E-state index is 0.625. The second-order valence-electron chi connectivity index (χ2n) is 10.0. The number of aryl methyl sites for hydroxylation is 5. The number of anilines is 1. The molecular weight excluding hydrogens is 496 g/mol. The van der Waals surface area contributed by atoms with Gasteiger partial charge in [0.15, 0.2) is 5.11 Å². The molecule has 0 saturated carbocycles. The van der Waals surface area contributed by atoms with E-state index in [0.29, 0.717) is 5.11 Å². The zero-order valence-electron chi connectivity index (χ0n) is 21.3. The Morgan fingerprint density at radius 1 is 0.838 bits per heavy atom. The predicted molar refractivity (Wildman–Crippen MR) is 158 cm³/mol. The maximum absolute atomic E-state index is 6.21. The first-order valence-corrected chi connectivity index (χ1v) is 13.6. The van der Waals surface area contributed by atoms with Crippen molar-refractivity contribution in [1.29, 1.82) is 0 Å². The van der Waals surface area contributed by atoms with Crippen LogP contribution in [0.2, 0.25) is 5.02 Å². The van der Waals surface area contributed by atoms with E-state index in [0.717, 1.165) is 70.2 Å². The first-order valence-electron chi connectivity index (χ1n) is 12.8. The maximum Gasteiger partial charge on any atom is 0.222 e. The molecule has 0 unspecified atom stereocenters. The van der Waals surface area contributed by atoms with Crippen molar-refractivity contribution in [2.75, 3.05) is 5.32 Å². The average Bonchev–Trinajstić information content (AvgIpc) is 3.30. The fraction of sp³-hybridized carbons (Fsp3) is 0.226. The zero-order chi connectivity index (χ0) is 25.7. The van der Waals surface area contributed by atoms with Gasteiger partial charge < -0.3 is 5.32 Å². The number of thiocarbonyl (C=S) groups is 1. The van der Waals surface area contributed by atoms with Gasteiger partial charge in [-0.1, -0.05) is 65.7 Å². The average molecular weight is 525 g/mol. The van der Waals surface area contributed by atoms with Gasteiger partial charge >= 0.3 is 0 Å². The molecule has 5 aromatic rings. The summed E-state index contributed by atoms with van der Waals surface area (Å²) in [7, 11) is 0. The van der Waals surface area contributed by atoms with Crippen molar-refractivity contribution in [1.82, 2.24) is 14.0 Å². The molecule has 0 radical (unpaired) electrons. The molecule has 0 fully saturated rings. The summed E-state index contributed by atoms with van der Waals surface area (Å²) in [6, 6.07) is 23.1. The van der Waals surface area contributed by atoms with Gasteiger partial charge in [0.2, 0.25) is 5.78 Å². The summed E-state index contributed by atoms with van der Waals surface area (Å²) in [6.45, 7) is 6.32. The Hall–Kier alpha value is -3.41. The number of nitrogens with zero attached hydrogens (tertiary/aromatic N) is 3. The number of hydrogen-bond acceptors (Lipinski definition) is 2. The summed E-state index contributed by atoms with van der Waals surface area (Å²) in [6.07, 6.45) is 4.20. The van der Waals surface area contributed by atoms with Crippen LogP contribution in [0.4, 0.5) is 5.69 Å². The van der Waals surface area contributed by atoms with Gasteiger partial charge in [-0.15, -0.1) is 0 Å². The van der Waals surface area contributed by atoms with Crippen LogP contribution in [-0.4, -0.2) is 19.1 Å². The fourth-order valence-electron chi connectivity index (χ4n) is 5.34. The molecule has 0 aliphatic carbocycles. The van der Waals surface area contributed by atoms with Crippen LogP contribution in [0.5, 0.6) is 0 Å². The number of benzene rings is 3. The summed E-state index contributed by atoms with van der Waals surface area (Å²) in [5, 5.41) is 4.91. The lowest BCUT2D eigenvalue weighted by atomic mass is 10.0. The lowest BCUT2D eigenvalue weighted by molar-refractivity contribution is 0.752. The molecular formula is C31H29ClN4S. The quantitative estimate of drug-likeness (QED) is 0.242. The molecule has 1 aliphatic heterocycles. The topological polar surface area (TPSA) is 34.3 Å². The van der Waals surface area contributed by atoms with Crippen molar-refractivity contribution in [2.24, 2.45) is 0 Å². The van der Waals surface area contributed by atoms with E-state index in [2.05, 4.69) is 89.7 Å². The third-order valence-corrected chi connectivity index (χ3v) is 7.82. The highest BCUT2D eigenvalue weighted by Crippen LogP contribution is 2.37. The summed E-state index contributed by atoms with van der Waals surface area (Å²) in [5.41, 5.74) is 11.5. The number of hydrogen-bond donors (Lipinski definition) is 1. The van der Waals surface area contributed by atoms with Crippen LogP contribution < -0.4 is 5.32 Å². The number of aromatic nitrogens is 3. The molecule has 2 aromatic heterocycles. The maximum atomic E-state index is 6.21. The van der Waals surface area contributed by atoms with Crippen LogP contribution in [0.15, 0.2) is 66.7 Å². The summed E-state index contributed by atoms with van der Waals surface area (Å²) in [5.74, 6) is 0.857. The van der Waals surface area contributed by atoms with E-state index in [-0.39, 0.29) is 0 Å². The van der Waals surface area contributed by atoms with E-state index in [1.165, 1.54) is 22.5 Å². The minimum Gasteiger partial charge on any atom is -0.332 e. The third-order valence-electron chi connectivity index (χ3n) is 7.28. The molecule has 0 amide bonds. The molecule has 4 nitrogen and oxygen atoms in total. The van der Waals surface area contributed by atoms with Crippen LogP contribution in [-0.2, 0) is 12.8 Å². The fourth-order valence-corrected chi connectivity index (χ4v) is 5.74. The highest BCUT2D eigenvalue weighted by Gasteiger charge is 2.28. The minimum atomic E-state index is 0.625. The molecule has 186 valence electrons. The van der Waals surface area contributed by atoms with Gasteiger partial charge in [-0.05, 0) is 88.0 Å². The monoisotopic (exact) mass is 524 g/mol. The molecule has 1 N–H and O–H groups in total. The van der Waals surface area contributed by atoms with E-state index in [1.807, 2.05) is 12.1 Å². The predicted octanol–water partition coefficient (Wildman–Crippen LogP) is 8.17. The van der Waals surface area contributed by atoms with E-state index in [1.54, 1.807) is 0 Å². The van der Waals surface area contributed by atoms with Crippen molar-refractivity contribution in [3.63, 3.8) is 0 Å². The Bertz CT molecular complexity index is 1640. The van der Waals surface area contributed by atoms with Gasteiger partial charge in [-0.3, -0.25) is 8.97 Å². The van der Waals surface area contributed by atoms with Crippen LogP contribution in [0.1, 0.15) is 40.9 Å². The molecule has 6 rings (SSSR count). The smallest absolute Gasteiger partial charge is 0.222 e. The summed E-state index contributed by atoms with van der Waals surface area (Å²) >= 11 is 12.3. The molecule has 1 aliphatic rings. The largest absolute Gasteiger partial charge is 0.332 e. The van der Waals surface area contributed by atoms with E-state index >= 15 is 0 Å². The standard InChI is InChI=1S/C31H29ClN4S/c1-19-9-12-23(13-10-19)29-27-7-5-4-6-26-28(22-14-16-24(32)17-15-22)34-30(35(26)27)36(29)31(37)33-25-18-20(2)8-11-21(25)3/h8-18H,4-7H2,1-3H3,(H,33,37). The summed E-state index contributed by atoms with van der Waals surface area (Å²) in [4.78, 5) is 5.25. The molecule has 6 heteroatoms. The molecule has 0 saturated heterocycles. The van der Waals surface area contributed by atoms with Crippen molar-refractivity contribution in [2.45, 2.75) is 46.5 Å². The number of halogens is 1. The number of rotatable bonds is 3. The van der Waals surface area contributed by atoms with Crippen molar-refractivity contribution >= 4 is 40.4 Å². The van der Waals surface area contributed by atoms with E-state index < -0.39 is 0 Å². The highest BCUT2D eigenvalue weighted by atomic mass is 35.5. The van der Waals surface area contributed by atoms with Gasteiger partial charge in [0.1, 0.15) is 0 Å². The third kappa shape index (κ3) is 4.26. The molecule has 3 heterocycles. The van der Waals surface area contributed by atoms with Gasteiger partial charge in [0.25, 0.3) is 0 Å². The normalized spacial score (nSPS) is 13.1. The molecule has 0 spiro atoms. The Labute approximate surface area is 227 Å². The molecule has 0 atom stereocenters. The molecule has 37 heavy (non-hydrogen) atoms. The lowest BCUT2D eigenvalue weighted by Gasteiger charge is -2.16. The SMILES string of the molecule is Cc1ccc(-c2c3n4c(c(-c5ccc(Cl)cc5)nc4n2C(=S)Nc2cc(C)ccc2C)CCCC3)cc1. The van der Waals surface area contributed by atoms with E-state index in [4.69, 9.17) is 28.8 Å². The second kappa shape index (κ2) is 9.47. The summed E-state index contributed by atoms with van der Waals surface area (Å²) < 4.78 is 4.51. The first kappa shape index (κ1) is 24.0. The van der Waals surface area contributed by atoms with Crippen LogP contribution in [0.3, 0.4) is 0 Å². The van der Waals surface area contributed by atoms with Gasteiger partial charge in [0, 0.05) is 21.8 Å². The zero-order valence-corrected chi connectivity index (χ0v) is 22.9. The Morgan fingerprint density at radius 2 is 1.49 bits per heavy atom. The van der Waals surface area contributed by atoms with Crippen molar-refractivity contribution in [3.8, 4) is 22.5 Å². The van der Waals surface area contributed by atoms with Gasteiger partial charge in [-0.2, -0.15) is 0 Å². The molecule has 3 aromatic carbocycles. The van der Waals surface area contributed by atoms with E-state index in [9.17, 15) is 0 Å². The first-order chi connectivity index (χ1) is 17.9. The Balaban J connectivity index is 1.61. The lowest BCUT2D eigenvalue weighted by Crippen LogP contribution is -2.21. The van der Waals surface area contributed by atoms with Crippen LogP contribution in [0.25, 0.3) is 28.3 Å². The van der Waals surface area contributed by atoms with Crippen molar-refractivity contribution < 1.29 is 0 Å². The Kier molecular flexibility index (Phi) is 6.13.